The van der Waals surface area contributed by atoms with Gasteiger partial charge in [-0.3, -0.25) is 9.10 Å². The van der Waals surface area contributed by atoms with E-state index in [4.69, 9.17) is 4.74 Å². The zero-order valence-electron chi connectivity index (χ0n) is 18.5. The van der Waals surface area contributed by atoms with Gasteiger partial charge in [-0.25, -0.2) is 8.42 Å². The van der Waals surface area contributed by atoms with Gasteiger partial charge in [-0.2, -0.15) is 0 Å². The predicted molar refractivity (Wildman–Crippen MR) is 129 cm³/mol. The lowest BCUT2D eigenvalue weighted by Crippen LogP contribution is -2.33. The maximum Gasteiger partial charge on any atom is 0.232 e. The van der Waals surface area contributed by atoms with Crippen LogP contribution in [0.2, 0.25) is 0 Å². The highest BCUT2D eigenvalue weighted by Crippen LogP contribution is 2.28. The van der Waals surface area contributed by atoms with Crippen LogP contribution in [0.4, 0.5) is 5.69 Å². The van der Waals surface area contributed by atoms with Crippen LogP contribution in [0.5, 0.6) is 5.75 Å². The minimum Gasteiger partial charge on any atom is -0.492 e. The molecule has 0 fully saturated rings. The average Bonchev–Trinajstić information content (AvgIpc) is 2.68. The van der Waals surface area contributed by atoms with E-state index in [9.17, 15) is 13.2 Å². The third-order valence-corrected chi connectivity index (χ3v) is 6.55. The number of para-hydroxylation sites is 1. The molecule has 31 heavy (non-hydrogen) atoms. The molecule has 1 amide bonds. The Hall–Kier alpha value is -2.06. The van der Waals surface area contributed by atoms with Crippen molar-refractivity contribution in [2.24, 2.45) is 0 Å². The van der Waals surface area contributed by atoms with E-state index in [1.807, 2.05) is 30.3 Å². The standard InChI is InChI=1S/C23H31BrN2O4S/c1-23(2,3)18-11-13-19(14-12-18)30-17-15-25-22(27)10-7-16-26(31(4,28)29)21-9-6-5-8-20(21)24/h5-6,8-9,11-14H,7,10,15-17H2,1-4H3,(H,25,27). The number of rotatable bonds is 10. The first-order valence-corrected chi connectivity index (χ1v) is 12.8. The molecule has 0 radical (unpaired) electrons. The SMILES string of the molecule is CC(C)(C)c1ccc(OCCNC(=O)CCCN(c2ccccc2Br)S(C)(=O)=O)cc1. The summed E-state index contributed by atoms with van der Waals surface area (Å²) in [7, 11) is -3.45. The number of halogens is 1. The number of sulfonamides is 1. The van der Waals surface area contributed by atoms with Gasteiger partial charge in [-0.15, -0.1) is 0 Å². The van der Waals surface area contributed by atoms with Crippen LogP contribution in [0.25, 0.3) is 0 Å². The lowest BCUT2D eigenvalue weighted by Gasteiger charge is -2.23. The van der Waals surface area contributed by atoms with Crippen LogP contribution in [0, 0.1) is 0 Å². The number of benzene rings is 2. The lowest BCUT2D eigenvalue weighted by atomic mass is 9.87. The first kappa shape index (κ1) is 25.2. The Morgan fingerprint density at radius 2 is 1.74 bits per heavy atom. The molecule has 0 aliphatic carbocycles. The van der Waals surface area contributed by atoms with E-state index in [-0.39, 0.29) is 24.3 Å². The molecule has 8 heteroatoms. The molecule has 6 nitrogen and oxygen atoms in total. The minimum absolute atomic E-state index is 0.0930. The monoisotopic (exact) mass is 510 g/mol. The average molecular weight is 511 g/mol. The number of nitrogens with one attached hydrogen (secondary N) is 1. The van der Waals surface area contributed by atoms with Gasteiger partial charge >= 0.3 is 0 Å². The Kier molecular flexibility index (Phi) is 8.94. The van der Waals surface area contributed by atoms with Gasteiger partial charge in [0, 0.05) is 17.4 Å². The Balaban J connectivity index is 1.74. The number of amides is 1. The minimum atomic E-state index is -3.45. The quantitative estimate of drug-likeness (QED) is 0.477. The number of hydrogen-bond donors (Lipinski definition) is 1. The van der Waals surface area contributed by atoms with Crippen molar-refractivity contribution in [2.75, 3.05) is 30.3 Å². The molecule has 170 valence electrons. The first-order chi connectivity index (χ1) is 14.5. The summed E-state index contributed by atoms with van der Waals surface area (Å²) in [6.45, 7) is 7.46. The molecule has 0 heterocycles. The third-order valence-electron chi connectivity index (χ3n) is 4.70. The van der Waals surface area contributed by atoms with Crippen molar-refractivity contribution in [2.45, 2.75) is 39.0 Å². The second-order valence-corrected chi connectivity index (χ2v) is 11.1. The smallest absolute Gasteiger partial charge is 0.232 e. The molecule has 0 spiro atoms. The second-order valence-electron chi connectivity index (χ2n) is 8.36. The van der Waals surface area contributed by atoms with Crippen molar-refractivity contribution in [3.63, 3.8) is 0 Å². The largest absolute Gasteiger partial charge is 0.492 e. The molecule has 2 rings (SSSR count). The Morgan fingerprint density at radius 1 is 1.10 bits per heavy atom. The van der Waals surface area contributed by atoms with Crippen molar-refractivity contribution < 1.29 is 17.9 Å². The first-order valence-electron chi connectivity index (χ1n) is 10.2. The second kappa shape index (κ2) is 11.0. The van der Waals surface area contributed by atoms with Crippen molar-refractivity contribution >= 4 is 37.5 Å². The fourth-order valence-corrected chi connectivity index (χ4v) is 4.59. The van der Waals surface area contributed by atoms with Crippen LogP contribution in [0.1, 0.15) is 39.2 Å². The molecule has 0 saturated heterocycles. The molecule has 0 bridgehead atoms. The van der Waals surface area contributed by atoms with Gasteiger partial charge in [-0.1, -0.05) is 45.0 Å². The molecule has 0 aliphatic heterocycles. The summed E-state index contributed by atoms with van der Waals surface area (Å²) in [5.74, 6) is 0.631. The fourth-order valence-electron chi connectivity index (χ4n) is 3.00. The highest BCUT2D eigenvalue weighted by atomic mass is 79.9. The van der Waals surface area contributed by atoms with Crippen molar-refractivity contribution in [1.29, 1.82) is 0 Å². The zero-order valence-corrected chi connectivity index (χ0v) is 20.9. The number of ether oxygens (including phenoxy) is 1. The van der Waals surface area contributed by atoms with Gasteiger partial charge in [0.2, 0.25) is 15.9 Å². The number of carbonyl (C=O) groups excluding carboxylic acids is 1. The van der Waals surface area contributed by atoms with Crippen molar-refractivity contribution in [3.8, 4) is 5.75 Å². The van der Waals surface area contributed by atoms with Crippen LogP contribution < -0.4 is 14.4 Å². The van der Waals surface area contributed by atoms with Crippen LogP contribution >= 0.6 is 15.9 Å². The number of carbonyl (C=O) groups is 1. The molecular weight excluding hydrogens is 480 g/mol. The highest BCUT2D eigenvalue weighted by molar-refractivity contribution is 9.10. The number of hydrogen-bond acceptors (Lipinski definition) is 4. The van der Waals surface area contributed by atoms with E-state index < -0.39 is 10.0 Å². The van der Waals surface area contributed by atoms with Gasteiger partial charge in [0.15, 0.2) is 0 Å². The summed E-state index contributed by atoms with van der Waals surface area (Å²) in [5, 5.41) is 2.81. The van der Waals surface area contributed by atoms with Gasteiger partial charge in [0.25, 0.3) is 0 Å². The van der Waals surface area contributed by atoms with E-state index in [2.05, 4.69) is 42.0 Å². The molecule has 2 aromatic carbocycles. The lowest BCUT2D eigenvalue weighted by molar-refractivity contribution is -0.121. The maximum atomic E-state index is 12.2. The number of anilines is 1. The van der Waals surface area contributed by atoms with Crippen LogP contribution in [0.3, 0.4) is 0 Å². The maximum absolute atomic E-state index is 12.2. The van der Waals surface area contributed by atoms with Crippen molar-refractivity contribution in [3.05, 3.63) is 58.6 Å². The molecule has 0 aromatic heterocycles. The summed E-state index contributed by atoms with van der Waals surface area (Å²) in [4.78, 5) is 12.1. The summed E-state index contributed by atoms with van der Waals surface area (Å²) in [5.41, 5.74) is 1.89. The topological polar surface area (TPSA) is 75.7 Å². The van der Waals surface area contributed by atoms with Crippen molar-refractivity contribution in [1.82, 2.24) is 5.32 Å². The van der Waals surface area contributed by atoms with Crippen LogP contribution in [0.15, 0.2) is 53.0 Å². The van der Waals surface area contributed by atoms with Crippen LogP contribution in [-0.2, 0) is 20.2 Å². The van der Waals surface area contributed by atoms with E-state index in [1.54, 1.807) is 18.2 Å². The van der Waals surface area contributed by atoms with Gasteiger partial charge in [-0.05, 0) is 57.6 Å². The molecule has 1 N–H and O–H groups in total. The van der Waals surface area contributed by atoms with E-state index in [1.165, 1.54) is 9.87 Å². The highest BCUT2D eigenvalue weighted by Gasteiger charge is 2.19. The van der Waals surface area contributed by atoms with E-state index in [0.717, 1.165) is 12.0 Å². The van der Waals surface area contributed by atoms with Gasteiger partial charge < -0.3 is 10.1 Å². The molecule has 0 aliphatic rings. The van der Waals surface area contributed by atoms with E-state index in [0.29, 0.717) is 29.7 Å². The number of nitrogens with zero attached hydrogens (tertiary/aromatic N) is 1. The molecule has 0 saturated carbocycles. The summed E-state index contributed by atoms with van der Waals surface area (Å²) in [6, 6.07) is 15.1. The summed E-state index contributed by atoms with van der Waals surface area (Å²) < 4.78 is 32.0. The Labute approximate surface area is 194 Å². The zero-order chi connectivity index (χ0) is 23.1. The molecule has 2 aromatic rings. The van der Waals surface area contributed by atoms with Gasteiger partial charge in [0.1, 0.15) is 12.4 Å². The summed E-state index contributed by atoms with van der Waals surface area (Å²) >= 11 is 3.39. The molecule has 0 unspecified atom stereocenters. The summed E-state index contributed by atoms with van der Waals surface area (Å²) in [6.07, 6.45) is 1.81. The normalized spacial score (nSPS) is 11.8. The predicted octanol–water partition coefficient (Wildman–Crippen LogP) is 4.49. The molecular formula is C23H31BrN2O4S. The van der Waals surface area contributed by atoms with Crippen LogP contribution in [-0.4, -0.2) is 40.3 Å². The Bertz CT molecular complexity index is 970. The third kappa shape index (κ3) is 8.18. The fraction of sp³-hybridized carbons (Fsp3) is 0.435. The van der Waals surface area contributed by atoms with E-state index >= 15 is 0 Å². The van der Waals surface area contributed by atoms with Gasteiger partial charge in [0.05, 0.1) is 18.5 Å². The molecule has 0 atom stereocenters. The Morgan fingerprint density at radius 3 is 2.32 bits per heavy atom.